The van der Waals surface area contributed by atoms with Gasteiger partial charge in [0, 0.05) is 17.9 Å². The van der Waals surface area contributed by atoms with Crippen LogP contribution in [0.25, 0.3) is 0 Å². The number of carbonyl (C=O) groups is 1. The van der Waals surface area contributed by atoms with Gasteiger partial charge >= 0.3 is 0 Å². The summed E-state index contributed by atoms with van der Waals surface area (Å²) in [4.78, 5) is 15.0. The highest BCUT2D eigenvalue weighted by atomic mass is 32.2. The maximum atomic E-state index is 11.5. The smallest absolute Gasteiger partial charge is 0.220 e. The lowest BCUT2D eigenvalue weighted by Gasteiger charge is -2.16. The van der Waals surface area contributed by atoms with Crippen molar-refractivity contribution >= 4 is 23.5 Å². The molecular formula is C17H28N4OS. The van der Waals surface area contributed by atoms with Gasteiger partial charge in [0.25, 0.3) is 0 Å². The number of hydrogen-bond acceptors (Lipinski definition) is 4. The molecule has 23 heavy (non-hydrogen) atoms. The van der Waals surface area contributed by atoms with E-state index in [1.54, 1.807) is 24.9 Å². The summed E-state index contributed by atoms with van der Waals surface area (Å²) < 4.78 is 0. The van der Waals surface area contributed by atoms with Crippen LogP contribution >= 0.6 is 11.8 Å². The molecule has 0 spiro atoms. The lowest BCUT2D eigenvalue weighted by atomic mass is 10.1. The van der Waals surface area contributed by atoms with Crippen molar-refractivity contribution in [3.05, 3.63) is 23.3 Å². The van der Waals surface area contributed by atoms with Crippen molar-refractivity contribution in [1.82, 2.24) is 5.32 Å². The van der Waals surface area contributed by atoms with Gasteiger partial charge in [-0.1, -0.05) is 30.2 Å². The molecule has 0 aliphatic carbocycles. The minimum Gasteiger partial charge on any atom is -0.385 e. The molecule has 0 radical (unpaired) electrons. The number of amidine groups is 1. The van der Waals surface area contributed by atoms with Crippen LogP contribution in [0.3, 0.4) is 0 Å². The lowest BCUT2D eigenvalue weighted by molar-refractivity contribution is -0.120. The van der Waals surface area contributed by atoms with Gasteiger partial charge in [-0.15, -0.1) is 0 Å². The number of allylic oxidation sites excluding steroid dienone is 3. The van der Waals surface area contributed by atoms with Crippen molar-refractivity contribution < 1.29 is 4.79 Å². The Hall–Kier alpha value is -1.74. The number of nitrogens with one attached hydrogen (secondary N) is 1. The molecule has 0 rings (SSSR count). The summed E-state index contributed by atoms with van der Waals surface area (Å²) in [6, 6.07) is -0.397. The molecular weight excluding hydrogens is 308 g/mol. The van der Waals surface area contributed by atoms with E-state index in [1.165, 1.54) is 11.1 Å². The molecule has 128 valence electrons. The Balaban J connectivity index is 4.36. The summed E-state index contributed by atoms with van der Waals surface area (Å²) in [5, 5.41) is 11.4. The number of nitrogens with zero attached hydrogens (tertiary/aromatic N) is 2. The van der Waals surface area contributed by atoms with Gasteiger partial charge in [0.05, 0.1) is 6.04 Å². The Labute approximate surface area is 144 Å². The Bertz CT molecular complexity index is 499. The van der Waals surface area contributed by atoms with Crippen LogP contribution in [0.5, 0.6) is 0 Å². The Kier molecular flexibility index (Phi) is 11.8. The normalized spacial score (nSPS) is 13.2. The van der Waals surface area contributed by atoms with E-state index in [0.717, 1.165) is 18.6 Å². The summed E-state index contributed by atoms with van der Waals surface area (Å²) in [5.41, 5.74) is 8.44. The molecule has 0 aromatic heterocycles. The van der Waals surface area contributed by atoms with Crippen molar-refractivity contribution in [2.45, 2.75) is 53.0 Å². The molecule has 0 saturated heterocycles. The van der Waals surface area contributed by atoms with Gasteiger partial charge in [0.15, 0.2) is 0 Å². The van der Waals surface area contributed by atoms with Crippen LogP contribution in [0.15, 0.2) is 28.3 Å². The van der Waals surface area contributed by atoms with Gasteiger partial charge in [0.1, 0.15) is 5.84 Å². The van der Waals surface area contributed by atoms with Crippen LogP contribution in [0.1, 0.15) is 47.0 Å². The second kappa shape index (κ2) is 12.8. The molecule has 6 heteroatoms. The zero-order chi connectivity index (χ0) is 17.7. The SMILES string of the molecule is CCC(=O)NC(CSCC=C(C)CCC=C(C)C)C(N)=NC#N. The van der Waals surface area contributed by atoms with Crippen molar-refractivity contribution in [3.8, 4) is 6.19 Å². The molecule has 0 heterocycles. The topological polar surface area (TPSA) is 91.3 Å². The number of nitriles is 1. The van der Waals surface area contributed by atoms with E-state index in [4.69, 9.17) is 11.0 Å². The fraction of sp³-hybridized carbons (Fsp3) is 0.588. The highest BCUT2D eigenvalue weighted by Gasteiger charge is 2.15. The van der Waals surface area contributed by atoms with Crippen LogP contribution in [0, 0.1) is 11.5 Å². The summed E-state index contributed by atoms with van der Waals surface area (Å²) in [5.74, 6) is 1.51. The third-order valence-corrected chi connectivity index (χ3v) is 4.09. The van der Waals surface area contributed by atoms with Gasteiger partial charge < -0.3 is 11.1 Å². The van der Waals surface area contributed by atoms with E-state index >= 15 is 0 Å². The fourth-order valence-electron chi connectivity index (χ4n) is 1.71. The van der Waals surface area contributed by atoms with Gasteiger partial charge in [-0.3, -0.25) is 4.79 Å². The first kappa shape index (κ1) is 21.3. The van der Waals surface area contributed by atoms with Crippen molar-refractivity contribution in [2.75, 3.05) is 11.5 Å². The highest BCUT2D eigenvalue weighted by molar-refractivity contribution is 7.99. The van der Waals surface area contributed by atoms with Gasteiger partial charge in [-0.25, -0.2) is 0 Å². The molecule has 0 aliphatic rings. The lowest BCUT2D eigenvalue weighted by Crippen LogP contribution is -2.46. The molecule has 1 amide bonds. The van der Waals surface area contributed by atoms with E-state index < -0.39 is 6.04 Å². The molecule has 0 bridgehead atoms. The number of nitrogens with two attached hydrogens (primary N) is 1. The third kappa shape index (κ3) is 11.5. The predicted molar refractivity (Wildman–Crippen MR) is 99.2 cm³/mol. The second-order valence-electron chi connectivity index (χ2n) is 5.52. The molecule has 1 atom stereocenters. The number of carbonyl (C=O) groups excluding carboxylic acids is 1. The number of rotatable bonds is 10. The second-order valence-corrected chi connectivity index (χ2v) is 6.59. The maximum absolute atomic E-state index is 11.5. The molecule has 3 N–H and O–H groups in total. The maximum Gasteiger partial charge on any atom is 0.220 e. The van der Waals surface area contributed by atoms with Crippen molar-refractivity contribution in [3.63, 3.8) is 0 Å². The Morgan fingerprint density at radius 1 is 1.39 bits per heavy atom. The highest BCUT2D eigenvalue weighted by Crippen LogP contribution is 2.10. The van der Waals surface area contributed by atoms with Crippen LogP contribution < -0.4 is 11.1 Å². The number of thioether (sulfide) groups is 1. The molecule has 0 aromatic rings. The molecule has 0 fully saturated rings. The minimum atomic E-state index is -0.397. The monoisotopic (exact) mass is 336 g/mol. The van der Waals surface area contributed by atoms with Crippen LogP contribution in [0.4, 0.5) is 0 Å². The zero-order valence-electron chi connectivity index (χ0n) is 14.6. The third-order valence-electron chi connectivity index (χ3n) is 3.12. The largest absolute Gasteiger partial charge is 0.385 e. The van der Waals surface area contributed by atoms with Crippen LogP contribution in [0.2, 0.25) is 0 Å². The van der Waals surface area contributed by atoms with Gasteiger partial charge in [-0.05, 0) is 33.6 Å². The van der Waals surface area contributed by atoms with Crippen molar-refractivity contribution in [2.24, 2.45) is 10.7 Å². The molecule has 5 nitrogen and oxygen atoms in total. The Morgan fingerprint density at radius 2 is 2.09 bits per heavy atom. The standard InChI is InChI=1S/C17H28N4OS/c1-5-16(22)21-15(17(19)20-12-18)11-23-10-9-14(4)8-6-7-13(2)3/h7,9,15H,5-6,8,10-11H2,1-4H3,(H2,19,20)(H,21,22). The van der Waals surface area contributed by atoms with Crippen LogP contribution in [-0.4, -0.2) is 29.3 Å². The average molecular weight is 337 g/mol. The van der Waals surface area contributed by atoms with Gasteiger partial charge in [0.2, 0.25) is 12.1 Å². The first-order valence-electron chi connectivity index (χ1n) is 7.78. The molecule has 0 aliphatic heterocycles. The average Bonchev–Trinajstić information content (AvgIpc) is 2.49. The molecule has 0 aromatic carbocycles. The van der Waals surface area contributed by atoms with E-state index in [1.807, 2.05) is 0 Å². The van der Waals surface area contributed by atoms with E-state index in [2.05, 4.69) is 43.2 Å². The fourth-order valence-corrected chi connectivity index (χ4v) is 2.74. The summed E-state index contributed by atoms with van der Waals surface area (Å²) in [7, 11) is 0. The quantitative estimate of drug-likeness (QED) is 0.211. The summed E-state index contributed by atoms with van der Waals surface area (Å²) in [6.07, 6.45) is 8.59. The van der Waals surface area contributed by atoms with Crippen molar-refractivity contribution in [1.29, 1.82) is 5.26 Å². The molecule has 0 saturated carbocycles. The number of aliphatic imine (C=N–C) groups is 1. The van der Waals surface area contributed by atoms with Gasteiger partial charge in [-0.2, -0.15) is 22.0 Å². The summed E-state index contributed by atoms with van der Waals surface area (Å²) >= 11 is 1.66. The van der Waals surface area contributed by atoms with E-state index in [-0.39, 0.29) is 11.7 Å². The predicted octanol–water partition coefficient (Wildman–Crippen LogP) is 3.15. The minimum absolute atomic E-state index is 0.0971. The summed E-state index contributed by atoms with van der Waals surface area (Å²) in [6.45, 7) is 8.11. The first-order chi connectivity index (χ1) is 10.9. The van der Waals surface area contributed by atoms with E-state index in [9.17, 15) is 4.79 Å². The zero-order valence-corrected chi connectivity index (χ0v) is 15.4. The van der Waals surface area contributed by atoms with Crippen LogP contribution in [-0.2, 0) is 4.79 Å². The molecule has 1 unspecified atom stereocenters. The number of amides is 1. The first-order valence-corrected chi connectivity index (χ1v) is 8.94. The number of hydrogen-bond donors (Lipinski definition) is 2. The van der Waals surface area contributed by atoms with E-state index in [0.29, 0.717) is 12.2 Å². The Morgan fingerprint density at radius 3 is 2.65 bits per heavy atom.